The fourth-order valence-corrected chi connectivity index (χ4v) is 1.89. The molecule has 3 nitrogen and oxygen atoms in total. The molecule has 0 spiro atoms. The van der Waals surface area contributed by atoms with Gasteiger partial charge in [-0.15, -0.1) is 0 Å². The van der Waals surface area contributed by atoms with Gasteiger partial charge in [0.2, 0.25) is 0 Å². The fourth-order valence-electron chi connectivity index (χ4n) is 1.42. The smallest absolute Gasteiger partial charge is 1.00 e. The van der Waals surface area contributed by atoms with Gasteiger partial charge in [0.15, 0.2) is 0 Å². The minimum absolute atomic E-state index is 0. The van der Waals surface area contributed by atoms with Crippen molar-refractivity contribution in [2.45, 2.75) is 0 Å². The maximum absolute atomic E-state index is 11.0. The standard InChI is InChI=1S/C11H10O3S.Al.Na.H/c1-15(12,13)14-11-8-7-9-5-3-2-4-6-10(9)11;;;/h2-8H,1H3;;;/q;;+1;-1. The van der Waals surface area contributed by atoms with Gasteiger partial charge in [0, 0.05) is 22.9 Å². The summed E-state index contributed by atoms with van der Waals surface area (Å²) in [5.74, 6) is 0.378. The van der Waals surface area contributed by atoms with Crippen LogP contribution in [0.3, 0.4) is 0 Å². The Kier molecular flexibility index (Phi) is 6.79. The second kappa shape index (κ2) is 6.79. The van der Waals surface area contributed by atoms with E-state index >= 15 is 0 Å². The molecule has 17 heavy (non-hydrogen) atoms. The molecule has 2 aliphatic carbocycles. The average molecular weight is 273 g/mol. The van der Waals surface area contributed by atoms with Crippen molar-refractivity contribution in [3.8, 4) is 16.9 Å². The molecule has 0 amide bonds. The van der Waals surface area contributed by atoms with E-state index in [2.05, 4.69) is 0 Å². The molecule has 6 heteroatoms. The van der Waals surface area contributed by atoms with Crippen molar-refractivity contribution < 1.29 is 43.6 Å². The fraction of sp³-hybridized carbons (Fsp3) is 0.0909. The summed E-state index contributed by atoms with van der Waals surface area (Å²) in [5.41, 5.74) is 1.75. The average Bonchev–Trinajstić information content (AvgIpc) is 2.35. The van der Waals surface area contributed by atoms with Gasteiger partial charge in [0.25, 0.3) is 0 Å². The molecule has 0 atom stereocenters. The minimum atomic E-state index is -3.46. The van der Waals surface area contributed by atoms with Crippen LogP contribution in [0.5, 0.6) is 5.75 Å². The Morgan fingerprint density at radius 3 is 2.35 bits per heavy atom. The Morgan fingerprint density at radius 2 is 1.71 bits per heavy atom. The first-order valence-corrected chi connectivity index (χ1v) is 6.25. The predicted molar refractivity (Wildman–Crippen MR) is 65.4 cm³/mol. The molecule has 0 heterocycles. The molecule has 83 valence electrons. The van der Waals surface area contributed by atoms with Crippen LogP contribution in [-0.2, 0) is 10.1 Å². The van der Waals surface area contributed by atoms with Crippen LogP contribution in [0.4, 0.5) is 0 Å². The zero-order chi connectivity index (χ0) is 10.9. The summed E-state index contributed by atoms with van der Waals surface area (Å²) >= 11 is 0. The van der Waals surface area contributed by atoms with Crippen LogP contribution in [0.15, 0.2) is 42.5 Å². The zero-order valence-corrected chi connectivity index (χ0v) is 13.7. The van der Waals surface area contributed by atoms with Crippen molar-refractivity contribution in [1.82, 2.24) is 0 Å². The normalized spacial score (nSPS) is 10.2. The summed E-state index contributed by atoms with van der Waals surface area (Å²) < 4.78 is 26.9. The number of hydrogen-bond donors (Lipinski definition) is 0. The molecule has 0 saturated carbocycles. The van der Waals surface area contributed by atoms with E-state index in [1.807, 2.05) is 36.4 Å². The number of hydrogen-bond acceptors (Lipinski definition) is 3. The molecule has 2 aliphatic rings. The Balaban J connectivity index is 0. The Bertz CT molecular complexity index is 562. The third kappa shape index (κ3) is 4.63. The van der Waals surface area contributed by atoms with Gasteiger partial charge >= 0.3 is 39.7 Å². The third-order valence-electron chi connectivity index (χ3n) is 1.99. The Labute approximate surface area is 136 Å². The van der Waals surface area contributed by atoms with E-state index in [-0.39, 0.29) is 48.3 Å². The maximum atomic E-state index is 11.0. The van der Waals surface area contributed by atoms with E-state index in [4.69, 9.17) is 4.18 Å². The molecule has 0 aromatic rings. The summed E-state index contributed by atoms with van der Waals surface area (Å²) in [5, 5.41) is 0. The van der Waals surface area contributed by atoms with E-state index in [1.54, 1.807) is 6.07 Å². The second-order valence-electron chi connectivity index (χ2n) is 3.26. The molecule has 0 aliphatic heterocycles. The van der Waals surface area contributed by atoms with Crippen LogP contribution in [0.1, 0.15) is 1.43 Å². The van der Waals surface area contributed by atoms with Crippen molar-refractivity contribution in [3.63, 3.8) is 0 Å². The van der Waals surface area contributed by atoms with Crippen LogP contribution in [0.25, 0.3) is 11.1 Å². The van der Waals surface area contributed by atoms with E-state index < -0.39 is 10.1 Å². The van der Waals surface area contributed by atoms with Crippen LogP contribution in [-0.4, -0.2) is 32.0 Å². The summed E-state index contributed by atoms with van der Waals surface area (Å²) in [7, 11) is -3.46. The van der Waals surface area contributed by atoms with Crippen LogP contribution >= 0.6 is 0 Å². The van der Waals surface area contributed by atoms with Crippen molar-refractivity contribution in [2.75, 3.05) is 6.26 Å². The SMILES string of the molecule is CS(=O)(=O)Oc1ccc2cccccc1-2.[Al].[H-].[Na+]. The van der Waals surface area contributed by atoms with Crippen LogP contribution < -0.4 is 33.7 Å². The molecule has 0 N–H and O–H groups in total. The molecule has 2 rings (SSSR count). The molecular formula is C11H11AlNaO3S. The first-order valence-electron chi connectivity index (χ1n) is 4.43. The zero-order valence-electron chi connectivity index (χ0n) is 10.8. The monoisotopic (exact) mass is 273 g/mol. The van der Waals surface area contributed by atoms with E-state index in [0.717, 1.165) is 17.4 Å². The molecule has 0 aromatic carbocycles. The summed E-state index contributed by atoms with van der Waals surface area (Å²) in [6, 6.07) is 12.8. The summed E-state index contributed by atoms with van der Waals surface area (Å²) in [6.45, 7) is 0. The van der Waals surface area contributed by atoms with E-state index in [0.29, 0.717) is 5.75 Å². The molecule has 0 unspecified atom stereocenters. The van der Waals surface area contributed by atoms with Crippen LogP contribution in [0.2, 0.25) is 0 Å². The molecule has 0 bridgehead atoms. The van der Waals surface area contributed by atoms with Gasteiger partial charge in [-0.3, -0.25) is 0 Å². The summed E-state index contributed by atoms with van der Waals surface area (Å²) in [4.78, 5) is 0. The van der Waals surface area contributed by atoms with Crippen LogP contribution in [0, 0.1) is 0 Å². The minimum Gasteiger partial charge on any atom is -1.00 e. The number of rotatable bonds is 2. The summed E-state index contributed by atoms with van der Waals surface area (Å²) in [6.07, 6.45) is 1.04. The maximum Gasteiger partial charge on any atom is 1.00 e. The van der Waals surface area contributed by atoms with Gasteiger partial charge in [0.05, 0.1) is 6.26 Å². The molecule has 0 fully saturated rings. The second-order valence-corrected chi connectivity index (χ2v) is 4.84. The van der Waals surface area contributed by atoms with Gasteiger partial charge in [-0.2, -0.15) is 8.42 Å². The largest absolute Gasteiger partial charge is 1.00 e. The van der Waals surface area contributed by atoms with Crippen molar-refractivity contribution in [2.24, 2.45) is 0 Å². The van der Waals surface area contributed by atoms with Gasteiger partial charge < -0.3 is 5.61 Å². The topological polar surface area (TPSA) is 43.4 Å². The Hall–Kier alpha value is -0.0175. The van der Waals surface area contributed by atoms with Gasteiger partial charge in [-0.05, 0) is 11.6 Å². The molecule has 0 aromatic heterocycles. The molecule has 3 radical (unpaired) electrons. The van der Waals surface area contributed by atoms with Crippen molar-refractivity contribution in [3.05, 3.63) is 42.5 Å². The van der Waals surface area contributed by atoms with Crippen molar-refractivity contribution in [1.29, 1.82) is 0 Å². The van der Waals surface area contributed by atoms with Gasteiger partial charge in [-0.25, -0.2) is 0 Å². The van der Waals surface area contributed by atoms with E-state index in [1.165, 1.54) is 0 Å². The first-order chi connectivity index (χ1) is 7.06. The predicted octanol–water partition coefficient (Wildman–Crippen LogP) is -1.13. The first kappa shape index (κ1) is 17.0. The van der Waals surface area contributed by atoms with Gasteiger partial charge in [-0.1, -0.05) is 36.4 Å². The van der Waals surface area contributed by atoms with Gasteiger partial charge in [0.1, 0.15) is 5.75 Å². The van der Waals surface area contributed by atoms with Crippen molar-refractivity contribution >= 4 is 27.5 Å². The van der Waals surface area contributed by atoms with E-state index in [9.17, 15) is 8.42 Å². The Morgan fingerprint density at radius 1 is 1.06 bits per heavy atom. The number of fused-ring (bicyclic) bond motifs is 1. The quantitative estimate of drug-likeness (QED) is 0.513. The molecular weight excluding hydrogens is 262 g/mol. The third-order valence-corrected chi connectivity index (χ3v) is 2.48. The molecule has 0 saturated heterocycles.